The maximum atomic E-state index is 14.4. The van der Waals surface area contributed by atoms with Gasteiger partial charge in [-0.05, 0) is 68.6 Å². The molecule has 0 aliphatic carbocycles. The average molecular weight is 564 g/mol. The number of carbonyl (C=O) groups is 1. The molecule has 1 unspecified atom stereocenters. The van der Waals surface area contributed by atoms with Gasteiger partial charge in [0.15, 0.2) is 11.6 Å². The lowest BCUT2D eigenvalue weighted by atomic mass is 9.97. The van der Waals surface area contributed by atoms with E-state index >= 15 is 0 Å². The van der Waals surface area contributed by atoms with Gasteiger partial charge in [-0.25, -0.2) is 9.37 Å². The van der Waals surface area contributed by atoms with Crippen LogP contribution < -0.4 is 29.9 Å². The number of nitrogens with zero attached hydrogens (tertiary/aromatic N) is 3. The van der Waals surface area contributed by atoms with Crippen molar-refractivity contribution in [2.45, 2.75) is 37.8 Å². The molecule has 0 bridgehead atoms. The second-order valence-corrected chi connectivity index (χ2v) is 11.2. The van der Waals surface area contributed by atoms with Gasteiger partial charge in [-0.2, -0.15) is 0 Å². The first-order chi connectivity index (χ1) is 19.9. The van der Waals surface area contributed by atoms with Gasteiger partial charge in [0.1, 0.15) is 17.1 Å². The molecule has 3 saturated heterocycles. The number of benzene rings is 2. The van der Waals surface area contributed by atoms with Crippen LogP contribution >= 0.6 is 0 Å². The lowest BCUT2D eigenvalue weighted by Crippen LogP contribution is -2.43. The van der Waals surface area contributed by atoms with E-state index in [1.807, 2.05) is 25.1 Å². The van der Waals surface area contributed by atoms with Crippen molar-refractivity contribution in [3.8, 4) is 11.5 Å². The topological polar surface area (TPSA) is 88.2 Å². The molecular weight excluding hydrogens is 525 g/mol. The van der Waals surface area contributed by atoms with Crippen LogP contribution in [0.3, 0.4) is 0 Å². The molecule has 0 radical (unpaired) electrons. The summed E-state index contributed by atoms with van der Waals surface area (Å²) in [5.41, 5.74) is 3.04. The van der Waals surface area contributed by atoms with E-state index in [0.29, 0.717) is 43.4 Å². The van der Waals surface area contributed by atoms with Gasteiger partial charge in [0, 0.05) is 37.1 Å². The number of carbonyl (C=O) groups excluding carboxylic acids is 1. The summed E-state index contributed by atoms with van der Waals surface area (Å²) in [6, 6.07) is 10.1. The summed E-state index contributed by atoms with van der Waals surface area (Å²) in [6.07, 6.45) is 3.29. The van der Waals surface area contributed by atoms with E-state index in [2.05, 4.69) is 20.4 Å². The summed E-state index contributed by atoms with van der Waals surface area (Å²) in [6.45, 7) is 6.98. The Morgan fingerprint density at radius 2 is 1.93 bits per heavy atom. The lowest BCUT2D eigenvalue weighted by Gasteiger charge is -2.33. The molecule has 3 aromatic rings. The highest BCUT2D eigenvalue weighted by molar-refractivity contribution is 6.12. The number of pyridine rings is 1. The molecule has 1 aromatic heterocycles. The fraction of sp³-hybridized carbons (Fsp3) is 0.484. The van der Waals surface area contributed by atoms with Crippen LogP contribution in [0.15, 0.2) is 36.4 Å². The Morgan fingerprint density at radius 1 is 1.10 bits per heavy atom. The molecule has 2 N–H and O–H groups in total. The van der Waals surface area contributed by atoms with Crippen molar-refractivity contribution >= 4 is 28.3 Å². The second-order valence-electron chi connectivity index (χ2n) is 11.2. The third-order valence-corrected chi connectivity index (χ3v) is 8.71. The molecule has 1 spiro atoms. The van der Waals surface area contributed by atoms with Crippen LogP contribution in [0.5, 0.6) is 11.5 Å². The Morgan fingerprint density at radius 3 is 2.66 bits per heavy atom. The maximum absolute atomic E-state index is 14.4. The van der Waals surface area contributed by atoms with Crippen LogP contribution in [0.1, 0.15) is 48.1 Å². The minimum Gasteiger partial charge on any atom is -0.497 e. The van der Waals surface area contributed by atoms with Gasteiger partial charge in [0.05, 0.1) is 44.7 Å². The predicted molar refractivity (Wildman–Crippen MR) is 157 cm³/mol. The fourth-order valence-corrected chi connectivity index (χ4v) is 6.46. The van der Waals surface area contributed by atoms with Crippen molar-refractivity contribution in [2.24, 2.45) is 0 Å². The van der Waals surface area contributed by atoms with E-state index < -0.39 is 11.9 Å². The number of nitrogens with one attached hydrogen (secondary N) is 2. The van der Waals surface area contributed by atoms with E-state index in [4.69, 9.17) is 19.2 Å². The summed E-state index contributed by atoms with van der Waals surface area (Å²) >= 11 is 0. The Bertz CT molecular complexity index is 1440. The summed E-state index contributed by atoms with van der Waals surface area (Å²) in [5, 5.41) is 7.83. The zero-order chi connectivity index (χ0) is 28.6. The largest absolute Gasteiger partial charge is 0.497 e. The molecule has 3 fully saturated rings. The van der Waals surface area contributed by atoms with Crippen LogP contribution in [0, 0.1) is 5.82 Å². The molecule has 10 heteroatoms. The minimum atomic E-state index is -0.442. The average Bonchev–Trinajstić information content (AvgIpc) is 3.65. The first kappa shape index (κ1) is 27.5. The van der Waals surface area contributed by atoms with Crippen LogP contribution in [0.2, 0.25) is 0 Å². The first-order valence-corrected chi connectivity index (χ1v) is 14.4. The number of anilines is 2. The maximum Gasteiger partial charge on any atom is 0.257 e. The number of amides is 1. The van der Waals surface area contributed by atoms with Crippen LogP contribution in [-0.4, -0.2) is 76.6 Å². The number of halogens is 1. The number of morpholine rings is 1. The van der Waals surface area contributed by atoms with Crippen molar-refractivity contribution in [1.29, 1.82) is 0 Å². The molecule has 1 amide bonds. The van der Waals surface area contributed by atoms with Crippen LogP contribution in [-0.2, 0) is 4.74 Å². The number of fused-ring (bicyclic) bond motifs is 1. The number of aromatic nitrogens is 1. The van der Waals surface area contributed by atoms with Gasteiger partial charge in [0.25, 0.3) is 5.91 Å². The molecule has 218 valence electrons. The summed E-state index contributed by atoms with van der Waals surface area (Å²) in [5.74, 6) is 0.843. The molecule has 2 aromatic carbocycles. The van der Waals surface area contributed by atoms with Gasteiger partial charge < -0.3 is 34.6 Å². The predicted octanol–water partition coefficient (Wildman–Crippen LogP) is 4.05. The Hall–Kier alpha value is -3.63. The molecule has 6 rings (SSSR count). The number of rotatable bonds is 7. The van der Waals surface area contributed by atoms with Gasteiger partial charge >= 0.3 is 0 Å². The smallest absolute Gasteiger partial charge is 0.257 e. The molecule has 41 heavy (non-hydrogen) atoms. The Balaban J connectivity index is 1.48. The fourth-order valence-electron chi connectivity index (χ4n) is 6.46. The molecule has 4 heterocycles. The number of hydrogen-bond acceptors (Lipinski definition) is 8. The monoisotopic (exact) mass is 563 g/mol. The van der Waals surface area contributed by atoms with Crippen LogP contribution in [0.25, 0.3) is 10.9 Å². The summed E-state index contributed by atoms with van der Waals surface area (Å²) in [4.78, 5) is 24.0. The normalized spacial score (nSPS) is 21.5. The highest BCUT2D eigenvalue weighted by Gasteiger charge is 2.42. The third-order valence-electron chi connectivity index (χ3n) is 8.71. The van der Waals surface area contributed by atoms with Crippen molar-refractivity contribution in [1.82, 2.24) is 15.6 Å². The SMILES string of the molecule is COc1ccc2nc(N3CCOCC3)c(C(=O)N[C@@H](C)c3ccc(F)c(OC)c3)c(N3CCC4(CCCN4)C3)c2c1. The number of ether oxygens (including phenoxy) is 3. The molecule has 3 aliphatic rings. The van der Waals surface area contributed by atoms with E-state index in [0.717, 1.165) is 61.1 Å². The molecular formula is C31H38FN5O4. The van der Waals surface area contributed by atoms with Crippen molar-refractivity contribution in [3.63, 3.8) is 0 Å². The quantitative estimate of drug-likeness (QED) is 0.445. The van der Waals surface area contributed by atoms with Crippen LogP contribution in [0.4, 0.5) is 15.9 Å². The highest BCUT2D eigenvalue weighted by Crippen LogP contribution is 2.42. The molecule has 3 aliphatic heterocycles. The molecule has 0 saturated carbocycles. The first-order valence-electron chi connectivity index (χ1n) is 14.4. The Labute approximate surface area is 239 Å². The Kier molecular flexibility index (Phi) is 7.61. The summed E-state index contributed by atoms with van der Waals surface area (Å²) in [7, 11) is 3.08. The zero-order valence-corrected chi connectivity index (χ0v) is 24.0. The standard InChI is InChI=1S/C31H38FN5O4/c1-20(21-5-7-24(32)26(17-21)40-3)34-30(38)27-28(37-12-10-31(19-37)9-4-11-33-31)23-18-22(39-2)6-8-25(23)35-29(27)36-13-15-41-16-14-36/h5-8,17-18,20,33H,4,9-16,19H2,1-3H3,(H,34,38)/t20-,31?/m0/s1. The molecule has 2 atom stereocenters. The van der Waals surface area contributed by atoms with E-state index in [-0.39, 0.29) is 17.2 Å². The van der Waals surface area contributed by atoms with Gasteiger partial charge in [-0.15, -0.1) is 0 Å². The van der Waals surface area contributed by atoms with Gasteiger partial charge in [0.2, 0.25) is 0 Å². The van der Waals surface area contributed by atoms with Gasteiger partial charge in [-0.1, -0.05) is 6.07 Å². The van der Waals surface area contributed by atoms with Crippen molar-refractivity contribution < 1.29 is 23.4 Å². The van der Waals surface area contributed by atoms with Crippen molar-refractivity contribution in [2.75, 3.05) is 70.0 Å². The van der Waals surface area contributed by atoms with Gasteiger partial charge in [-0.3, -0.25) is 4.79 Å². The summed E-state index contributed by atoms with van der Waals surface area (Å²) < 4.78 is 30.6. The number of hydrogen-bond donors (Lipinski definition) is 2. The lowest BCUT2D eigenvalue weighted by molar-refractivity contribution is 0.0938. The minimum absolute atomic E-state index is 0.0549. The number of methoxy groups -OCH3 is 2. The van der Waals surface area contributed by atoms with E-state index in [9.17, 15) is 9.18 Å². The molecule has 9 nitrogen and oxygen atoms in total. The van der Waals surface area contributed by atoms with E-state index in [1.54, 1.807) is 19.2 Å². The second kappa shape index (κ2) is 11.3. The van der Waals surface area contributed by atoms with E-state index in [1.165, 1.54) is 13.2 Å². The highest BCUT2D eigenvalue weighted by atomic mass is 19.1. The zero-order valence-electron chi connectivity index (χ0n) is 24.0. The third kappa shape index (κ3) is 5.26. The van der Waals surface area contributed by atoms with Crippen molar-refractivity contribution in [3.05, 3.63) is 53.3 Å².